The molecule has 1 saturated heterocycles. The van der Waals surface area contributed by atoms with Crippen molar-refractivity contribution < 1.29 is 18.0 Å². The maximum Gasteiger partial charge on any atom is 0.393 e. The lowest BCUT2D eigenvalue weighted by Crippen LogP contribution is -2.45. The molecule has 142 valence electrons. The van der Waals surface area contributed by atoms with Gasteiger partial charge in [-0.25, -0.2) is 9.97 Å². The van der Waals surface area contributed by atoms with Crippen molar-refractivity contribution in [1.82, 2.24) is 19.4 Å². The number of piperidine rings is 1. The molecule has 9 heteroatoms. The van der Waals surface area contributed by atoms with Crippen molar-refractivity contribution >= 4 is 28.3 Å². The highest BCUT2D eigenvalue weighted by atomic mass is 32.1. The smallest absolute Gasteiger partial charge is 0.341 e. The van der Waals surface area contributed by atoms with Crippen LogP contribution in [0.3, 0.4) is 0 Å². The first-order valence-electron chi connectivity index (χ1n) is 8.62. The quantitative estimate of drug-likeness (QED) is 0.676. The Morgan fingerprint density at radius 1 is 1.30 bits per heavy atom. The van der Waals surface area contributed by atoms with Crippen LogP contribution in [0.2, 0.25) is 0 Å². The number of thiazole rings is 1. The van der Waals surface area contributed by atoms with Crippen molar-refractivity contribution in [3.8, 4) is 11.5 Å². The van der Waals surface area contributed by atoms with E-state index < -0.39 is 12.1 Å². The molecule has 5 nitrogen and oxygen atoms in total. The summed E-state index contributed by atoms with van der Waals surface area (Å²) in [5, 5.41) is 1.84. The third-order valence-corrected chi connectivity index (χ3v) is 5.43. The first-order valence-corrected chi connectivity index (χ1v) is 9.56. The van der Waals surface area contributed by atoms with E-state index in [9.17, 15) is 18.0 Å². The van der Waals surface area contributed by atoms with Crippen LogP contribution >= 0.6 is 11.3 Å². The highest BCUT2D eigenvalue weighted by molar-refractivity contribution is 7.07. The Morgan fingerprint density at radius 3 is 2.85 bits per heavy atom. The molecule has 27 heavy (non-hydrogen) atoms. The van der Waals surface area contributed by atoms with Gasteiger partial charge in [0.1, 0.15) is 12.2 Å². The molecule has 4 rings (SSSR count). The Labute approximate surface area is 157 Å². The molecule has 0 radical (unpaired) electrons. The van der Waals surface area contributed by atoms with Crippen molar-refractivity contribution in [2.45, 2.75) is 25.6 Å². The van der Waals surface area contributed by atoms with E-state index in [1.165, 1.54) is 16.2 Å². The SMILES string of the molecule is O=C(Cn1c(-c2cscn2)nc2ccccc21)N1CCCC(C(F)(F)F)C1. The summed E-state index contributed by atoms with van der Waals surface area (Å²) in [5.41, 5.74) is 3.81. The van der Waals surface area contributed by atoms with Gasteiger partial charge in [-0.05, 0) is 25.0 Å². The van der Waals surface area contributed by atoms with E-state index in [2.05, 4.69) is 9.97 Å². The van der Waals surface area contributed by atoms with E-state index in [1.807, 2.05) is 29.6 Å². The van der Waals surface area contributed by atoms with Gasteiger partial charge in [0.05, 0.1) is 22.5 Å². The number of hydrogen-bond acceptors (Lipinski definition) is 4. The van der Waals surface area contributed by atoms with Gasteiger partial charge in [-0.1, -0.05) is 12.1 Å². The number of carbonyl (C=O) groups is 1. The summed E-state index contributed by atoms with van der Waals surface area (Å²) in [5.74, 6) is -1.23. The zero-order valence-electron chi connectivity index (χ0n) is 14.3. The summed E-state index contributed by atoms with van der Waals surface area (Å²) >= 11 is 1.42. The van der Waals surface area contributed by atoms with Crippen molar-refractivity contribution in [2.24, 2.45) is 5.92 Å². The number of rotatable bonds is 3. The maximum atomic E-state index is 13.1. The Morgan fingerprint density at radius 2 is 2.11 bits per heavy atom. The fourth-order valence-corrected chi connectivity index (χ4v) is 3.99. The van der Waals surface area contributed by atoms with E-state index in [0.717, 1.165) is 11.0 Å². The number of fused-ring (bicyclic) bond motifs is 1. The summed E-state index contributed by atoms with van der Waals surface area (Å²) in [6.07, 6.45) is -3.84. The molecular formula is C18H17F3N4OS. The van der Waals surface area contributed by atoms with Crippen LogP contribution < -0.4 is 0 Å². The van der Waals surface area contributed by atoms with Gasteiger partial charge < -0.3 is 9.47 Å². The number of halogens is 3. The van der Waals surface area contributed by atoms with E-state index in [0.29, 0.717) is 24.5 Å². The predicted molar refractivity (Wildman–Crippen MR) is 96.2 cm³/mol. The summed E-state index contributed by atoms with van der Waals surface area (Å²) in [4.78, 5) is 22.9. The molecule has 2 aromatic heterocycles. The van der Waals surface area contributed by atoms with Crippen LogP contribution in [0.5, 0.6) is 0 Å². The third-order valence-electron chi connectivity index (χ3n) is 4.85. The molecular weight excluding hydrogens is 377 g/mol. The minimum atomic E-state index is -4.27. The van der Waals surface area contributed by atoms with Crippen molar-refractivity contribution in [2.75, 3.05) is 13.1 Å². The van der Waals surface area contributed by atoms with Gasteiger partial charge in [0.25, 0.3) is 0 Å². The Hall–Kier alpha value is -2.42. The Bertz CT molecular complexity index is 951. The lowest BCUT2D eigenvalue weighted by molar-refractivity contribution is -0.188. The molecule has 3 heterocycles. The normalized spacial score (nSPS) is 18.2. The minimum absolute atomic E-state index is 0.0576. The summed E-state index contributed by atoms with van der Waals surface area (Å²) in [6, 6.07) is 7.38. The van der Waals surface area contributed by atoms with Crippen LogP contribution in [-0.2, 0) is 11.3 Å². The van der Waals surface area contributed by atoms with E-state index >= 15 is 0 Å². The van der Waals surface area contributed by atoms with E-state index in [-0.39, 0.29) is 25.4 Å². The second-order valence-electron chi connectivity index (χ2n) is 6.60. The molecule has 1 unspecified atom stereocenters. The van der Waals surface area contributed by atoms with Crippen LogP contribution in [0.1, 0.15) is 12.8 Å². The third kappa shape index (κ3) is 3.55. The molecule has 3 aromatic rings. The fraction of sp³-hybridized carbons (Fsp3) is 0.389. The summed E-state index contributed by atoms with van der Waals surface area (Å²) < 4.78 is 40.9. The van der Waals surface area contributed by atoms with Gasteiger partial charge in [0.2, 0.25) is 5.91 Å². The van der Waals surface area contributed by atoms with Crippen LogP contribution in [0, 0.1) is 5.92 Å². The molecule has 0 spiro atoms. The summed E-state index contributed by atoms with van der Waals surface area (Å²) in [6.45, 7) is 0.0169. The zero-order chi connectivity index (χ0) is 19.0. The number of para-hydroxylation sites is 2. The molecule has 0 saturated carbocycles. The zero-order valence-corrected chi connectivity index (χ0v) is 15.1. The van der Waals surface area contributed by atoms with Crippen LogP contribution in [0.15, 0.2) is 35.2 Å². The van der Waals surface area contributed by atoms with E-state index in [1.54, 1.807) is 10.1 Å². The first-order chi connectivity index (χ1) is 12.9. The van der Waals surface area contributed by atoms with Crippen LogP contribution in [-0.4, -0.2) is 44.6 Å². The highest BCUT2D eigenvalue weighted by Gasteiger charge is 2.42. The molecule has 1 aromatic carbocycles. The molecule has 1 aliphatic rings. The van der Waals surface area contributed by atoms with Crippen molar-refractivity contribution in [3.63, 3.8) is 0 Å². The molecule has 0 aliphatic carbocycles. The number of likely N-dealkylation sites (tertiary alicyclic amines) is 1. The highest BCUT2D eigenvalue weighted by Crippen LogP contribution is 2.33. The molecule has 1 atom stereocenters. The molecule has 1 amide bonds. The standard InChI is InChI=1S/C18H17F3N4OS/c19-18(20,21)12-4-3-7-24(8-12)16(26)9-25-15-6-2-1-5-13(15)23-17(25)14-10-27-11-22-14/h1-2,5-6,10-12H,3-4,7-9H2. The van der Waals surface area contributed by atoms with Gasteiger partial charge in [-0.3, -0.25) is 4.79 Å². The monoisotopic (exact) mass is 394 g/mol. The number of nitrogens with zero attached hydrogens (tertiary/aromatic N) is 4. The average Bonchev–Trinajstić information content (AvgIpc) is 3.29. The van der Waals surface area contributed by atoms with Crippen LogP contribution in [0.25, 0.3) is 22.6 Å². The second kappa shape index (κ2) is 6.95. The van der Waals surface area contributed by atoms with Gasteiger partial charge in [0, 0.05) is 18.5 Å². The largest absolute Gasteiger partial charge is 0.393 e. The van der Waals surface area contributed by atoms with Crippen molar-refractivity contribution in [1.29, 1.82) is 0 Å². The first kappa shape index (κ1) is 18.0. The van der Waals surface area contributed by atoms with Gasteiger partial charge in [-0.15, -0.1) is 11.3 Å². The number of imidazole rings is 1. The Balaban J connectivity index is 1.63. The number of carbonyl (C=O) groups excluding carboxylic acids is 1. The second-order valence-corrected chi connectivity index (χ2v) is 7.32. The molecule has 1 fully saturated rings. The van der Waals surface area contributed by atoms with Gasteiger partial charge >= 0.3 is 6.18 Å². The predicted octanol–water partition coefficient (Wildman–Crippen LogP) is 3.96. The van der Waals surface area contributed by atoms with Crippen molar-refractivity contribution in [3.05, 3.63) is 35.2 Å². The number of aromatic nitrogens is 3. The fourth-order valence-electron chi connectivity index (χ4n) is 3.46. The van der Waals surface area contributed by atoms with E-state index in [4.69, 9.17) is 0 Å². The van der Waals surface area contributed by atoms with Crippen LogP contribution in [0.4, 0.5) is 13.2 Å². The lowest BCUT2D eigenvalue weighted by Gasteiger charge is -2.34. The summed E-state index contributed by atoms with van der Waals surface area (Å²) in [7, 11) is 0. The number of alkyl halides is 3. The number of benzene rings is 1. The maximum absolute atomic E-state index is 13.1. The lowest BCUT2D eigenvalue weighted by atomic mass is 9.97. The molecule has 0 N–H and O–H groups in total. The Kier molecular flexibility index (Phi) is 4.63. The number of amides is 1. The topological polar surface area (TPSA) is 51.0 Å². The molecule has 0 bridgehead atoms. The number of hydrogen-bond donors (Lipinski definition) is 0. The average molecular weight is 394 g/mol. The van der Waals surface area contributed by atoms with Gasteiger partial charge in [0.15, 0.2) is 5.82 Å². The molecule has 1 aliphatic heterocycles. The van der Waals surface area contributed by atoms with Gasteiger partial charge in [-0.2, -0.15) is 13.2 Å². The minimum Gasteiger partial charge on any atom is -0.341 e.